The second-order valence-electron chi connectivity index (χ2n) is 13.6. The predicted octanol–water partition coefficient (Wildman–Crippen LogP) is 1.71. The minimum atomic E-state index is -0.735. The lowest BCUT2D eigenvalue weighted by Crippen LogP contribution is -2.59. The number of nitrogens with two attached hydrogens (primary N) is 1. The number of hydrogen-bond donors (Lipinski definition) is 3. The van der Waals surface area contributed by atoms with E-state index in [4.69, 9.17) is 15.2 Å². The Bertz CT molecular complexity index is 939. The summed E-state index contributed by atoms with van der Waals surface area (Å²) in [7, 11) is 8.60. The molecule has 0 saturated carbocycles. The summed E-state index contributed by atoms with van der Waals surface area (Å²) in [5.41, 5.74) is 5.55. The van der Waals surface area contributed by atoms with Crippen LogP contribution in [0, 0.1) is 23.7 Å². The summed E-state index contributed by atoms with van der Waals surface area (Å²) in [6, 6.07) is -1.78. The Morgan fingerprint density at radius 2 is 1.58 bits per heavy atom. The van der Waals surface area contributed by atoms with Crippen molar-refractivity contribution in [3.63, 3.8) is 0 Å². The van der Waals surface area contributed by atoms with Crippen LogP contribution in [0.3, 0.4) is 0 Å². The third-order valence-corrected chi connectivity index (χ3v) is 9.39. The lowest BCUT2D eigenvalue weighted by atomic mass is 9.89. The summed E-state index contributed by atoms with van der Waals surface area (Å²) in [5.74, 6) is -1.21. The van der Waals surface area contributed by atoms with Crippen LogP contribution in [0.2, 0.25) is 0 Å². The monoisotopic (exact) mass is 640 g/mol. The molecule has 12 heteroatoms. The number of likely N-dealkylation sites (tertiary alicyclic amines) is 1. The fourth-order valence-electron chi connectivity index (χ4n) is 6.77. The van der Waals surface area contributed by atoms with Gasteiger partial charge in [0, 0.05) is 40.9 Å². The average Bonchev–Trinajstić information content (AvgIpc) is 3.46. The fraction of sp³-hybridized carbons (Fsp3) is 0.879. The molecule has 12 nitrogen and oxygen atoms in total. The lowest BCUT2D eigenvalue weighted by Gasteiger charge is -2.41. The zero-order chi connectivity index (χ0) is 34.6. The minimum Gasteiger partial charge on any atom is -0.379 e. The number of carbonyl (C=O) groups is 4. The normalized spacial score (nSPS) is 20.0. The van der Waals surface area contributed by atoms with Crippen LogP contribution in [-0.2, 0) is 28.7 Å². The van der Waals surface area contributed by atoms with Crippen molar-refractivity contribution < 1.29 is 28.7 Å². The fourth-order valence-corrected chi connectivity index (χ4v) is 6.77. The summed E-state index contributed by atoms with van der Waals surface area (Å²) < 4.78 is 11.8. The summed E-state index contributed by atoms with van der Waals surface area (Å²) in [6.45, 7) is 15.0. The maximum atomic E-state index is 14.1. The van der Waals surface area contributed by atoms with E-state index in [-0.39, 0.29) is 59.9 Å². The summed E-state index contributed by atoms with van der Waals surface area (Å²) in [6.07, 6.45) is 1.30. The molecule has 262 valence electrons. The molecule has 1 saturated heterocycles. The zero-order valence-corrected chi connectivity index (χ0v) is 30.1. The molecular weight excluding hydrogens is 576 g/mol. The first-order valence-corrected chi connectivity index (χ1v) is 16.7. The van der Waals surface area contributed by atoms with Gasteiger partial charge in [-0.1, -0.05) is 54.9 Å². The molecule has 0 bridgehead atoms. The van der Waals surface area contributed by atoms with Gasteiger partial charge in [0.2, 0.25) is 23.6 Å². The molecule has 4 N–H and O–H groups in total. The maximum Gasteiger partial charge on any atom is 0.245 e. The molecule has 0 aromatic carbocycles. The highest BCUT2D eigenvalue weighted by Gasteiger charge is 2.43. The van der Waals surface area contributed by atoms with Crippen LogP contribution in [0.4, 0.5) is 0 Å². The molecule has 0 aromatic rings. The van der Waals surface area contributed by atoms with Crippen LogP contribution in [0.15, 0.2) is 0 Å². The quantitative estimate of drug-likeness (QED) is 0.194. The molecule has 8 atom stereocenters. The molecule has 1 unspecified atom stereocenters. The topological polar surface area (TPSA) is 147 Å². The predicted molar refractivity (Wildman–Crippen MR) is 177 cm³/mol. The van der Waals surface area contributed by atoms with Crippen LogP contribution >= 0.6 is 0 Å². The smallest absolute Gasteiger partial charge is 0.245 e. The molecule has 4 amide bonds. The van der Waals surface area contributed by atoms with Gasteiger partial charge in [0.15, 0.2) is 0 Å². The van der Waals surface area contributed by atoms with E-state index in [1.54, 1.807) is 26.2 Å². The second-order valence-corrected chi connectivity index (χ2v) is 13.6. The van der Waals surface area contributed by atoms with E-state index in [1.807, 2.05) is 65.4 Å². The Labute approximate surface area is 272 Å². The number of carbonyl (C=O) groups excluding carboxylic acids is 4. The van der Waals surface area contributed by atoms with Crippen LogP contribution in [-0.4, -0.2) is 130 Å². The SMILES string of the molecule is CC[C@H](C)[C@@H]([C@@H](CC(=O)N1CCC[C@H]1[C@H](OC)[C@@H](C)C(=O)NCCN)OC)N(C)C(=O)C(NC(=O)[C@H](C(C)C)N(C)C)C(C)C. The van der Waals surface area contributed by atoms with Crippen molar-refractivity contribution in [1.29, 1.82) is 0 Å². The van der Waals surface area contributed by atoms with Gasteiger partial charge in [-0.05, 0) is 44.7 Å². The first kappa shape index (κ1) is 40.7. The van der Waals surface area contributed by atoms with Crippen molar-refractivity contribution >= 4 is 23.6 Å². The Hall–Kier alpha value is -2.28. The first-order valence-electron chi connectivity index (χ1n) is 16.7. The van der Waals surface area contributed by atoms with E-state index in [0.29, 0.717) is 19.6 Å². The molecule has 1 rings (SSSR count). The average molecular weight is 641 g/mol. The van der Waals surface area contributed by atoms with Gasteiger partial charge in [0.1, 0.15) is 6.04 Å². The molecule has 1 fully saturated rings. The Morgan fingerprint density at radius 1 is 0.956 bits per heavy atom. The van der Waals surface area contributed by atoms with Gasteiger partial charge in [-0.2, -0.15) is 0 Å². The molecule has 1 aliphatic rings. The number of nitrogens with zero attached hydrogens (tertiary/aromatic N) is 3. The third-order valence-electron chi connectivity index (χ3n) is 9.39. The largest absolute Gasteiger partial charge is 0.379 e. The highest BCUT2D eigenvalue weighted by molar-refractivity contribution is 5.90. The summed E-state index contributed by atoms with van der Waals surface area (Å²) in [5, 5.41) is 5.85. The number of rotatable bonds is 19. The van der Waals surface area contributed by atoms with E-state index >= 15 is 0 Å². The lowest BCUT2D eigenvalue weighted by molar-refractivity contribution is -0.148. The van der Waals surface area contributed by atoms with E-state index in [2.05, 4.69) is 17.6 Å². The Balaban J connectivity index is 3.25. The Morgan fingerprint density at radius 3 is 2.04 bits per heavy atom. The standard InChI is InChI=1S/C33H64N6O6/c1-13-22(6)29(38(10)33(43)27(20(2)3)36-32(42)28(21(4)5)37(8)9)25(44-11)19-26(40)39-18-14-15-24(39)30(45-12)23(7)31(41)35-17-16-34/h20-25,27-30H,13-19,34H2,1-12H3,(H,35,41)(H,36,42)/t22-,23+,24-,25+,27?,28-,29-,30+/m0/s1. The van der Waals surface area contributed by atoms with Gasteiger partial charge in [-0.3, -0.25) is 24.1 Å². The van der Waals surface area contributed by atoms with E-state index in [1.165, 1.54) is 0 Å². The minimum absolute atomic E-state index is 0.0118. The van der Waals surface area contributed by atoms with Crippen molar-refractivity contribution in [2.75, 3.05) is 55.0 Å². The van der Waals surface area contributed by atoms with Gasteiger partial charge in [0.25, 0.3) is 0 Å². The van der Waals surface area contributed by atoms with Gasteiger partial charge >= 0.3 is 0 Å². The molecule has 0 aliphatic carbocycles. The van der Waals surface area contributed by atoms with Crippen molar-refractivity contribution in [2.24, 2.45) is 29.4 Å². The van der Waals surface area contributed by atoms with Crippen molar-refractivity contribution in [3.8, 4) is 0 Å². The van der Waals surface area contributed by atoms with E-state index in [0.717, 1.165) is 19.3 Å². The zero-order valence-electron chi connectivity index (χ0n) is 30.1. The molecule has 1 aliphatic heterocycles. The van der Waals surface area contributed by atoms with E-state index < -0.39 is 30.2 Å². The molecule has 0 aromatic heterocycles. The van der Waals surface area contributed by atoms with Crippen molar-refractivity contribution in [1.82, 2.24) is 25.3 Å². The number of ether oxygens (including phenoxy) is 2. The summed E-state index contributed by atoms with van der Waals surface area (Å²) in [4.78, 5) is 59.4. The van der Waals surface area contributed by atoms with Crippen LogP contribution in [0.1, 0.15) is 74.1 Å². The number of methoxy groups -OCH3 is 2. The number of amides is 4. The van der Waals surface area contributed by atoms with Gasteiger partial charge in [0.05, 0.1) is 42.7 Å². The number of nitrogens with one attached hydrogen (secondary N) is 2. The summed E-state index contributed by atoms with van der Waals surface area (Å²) >= 11 is 0. The van der Waals surface area contributed by atoms with E-state index in [9.17, 15) is 19.2 Å². The molecule has 0 radical (unpaired) electrons. The van der Waals surface area contributed by atoms with Gasteiger partial charge < -0.3 is 35.6 Å². The van der Waals surface area contributed by atoms with Crippen molar-refractivity contribution in [3.05, 3.63) is 0 Å². The second kappa shape index (κ2) is 19.4. The van der Waals surface area contributed by atoms with Crippen LogP contribution in [0.5, 0.6) is 0 Å². The third kappa shape index (κ3) is 10.9. The molecule has 45 heavy (non-hydrogen) atoms. The first-order chi connectivity index (χ1) is 21.1. The number of likely N-dealkylation sites (N-methyl/N-ethyl adjacent to an activating group) is 2. The molecular formula is C33H64N6O6. The van der Waals surface area contributed by atoms with Crippen LogP contribution < -0.4 is 16.4 Å². The van der Waals surface area contributed by atoms with Crippen molar-refractivity contribution in [2.45, 2.75) is 111 Å². The van der Waals surface area contributed by atoms with Gasteiger partial charge in [-0.25, -0.2) is 0 Å². The van der Waals surface area contributed by atoms with Gasteiger partial charge in [-0.15, -0.1) is 0 Å². The van der Waals surface area contributed by atoms with Crippen LogP contribution in [0.25, 0.3) is 0 Å². The highest BCUT2D eigenvalue weighted by Crippen LogP contribution is 2.29. The maximum absolute atomic E-state index is 14.1. The molecule has 0 spiro atoms. The number of hydrogen-bond acceptors (Lipinski definition) is 8. The highest BCUT2D eigenvalue weighted by atomic mass is 16.5. The Kier molecular flexibility index (Phi) is 17.6. The molecule has 1 heterocycles.